The summed E-state index contributed by atoms with van der Waals surface area (Å²) in [6.07, 6.45) is 2.61. The number of hydrazine groups is 1. The highest BCUT2D eigenvalue weighted by Gasteiger charge is 2.10. The number of amides is 1. The molecule has 3 aromatic rings. The highest BCUT2D eigenvalue weighted by molar-refractivity contribution is 9.10. The summed E-state index contributed by atoms with van der Waals surface area (Å²) in [4.78, 5) is 11.5. The van der Waals surface area contributed by atoms with Gasteiger partial charge in [-0.2, -0.15) is 5.10 Å². The van der Waals surface area contributed by atoms with Crippen LogP contribution < -0.4 is 15.2 Å². The molecule has 0 bridgehead atoms. The van der Waals surface area contributed by atoms with Gasteiger partial charge in [0.2, 0.25) is 6.41 Å². The molecule has 0 aliphatic heterocycles. The van der Waals surface area contributed by atoms with Crippen molar-refractivity contribution in [2.24, 2.45) is 7.05 Å². The van der Waals surface area contributed by atoms with E-state index in [1.54, 1.807) is 17.9 Å². The Balaban J connectivity index is 1.87. The number of nitrogens with one attached hydrogen (secondary N) is 1. The average molecular weight is 401 g/mol. The van der Waals surface area contributed by atoms with Gasteiger partial charge in [0.05, 0.1) is 23.0 Å². The number of halogens is 1. The molecule has 0 aliphatic carbocycles. The molecule has 0 atom stereocenters. The topological polar surface area (TPSA) is 59.4 Å². The van der Waals surface area contributed by atoms with Crippen molar-refractivity contribution in [3.05, 3.63) is 59.2 Å². The number of hydrogen-bond acceptors (Lipinski definition) is 4. The van der Waals surface area contributed by atoms with Gasteiger partial charge in [-0.25, -0.2) is 5.01 Å². The van der Waals surface area contributed by atoms with Crippen LogP contribution in [0.25, 0.3) is 11.3 Å². The van der Waals surface area contributed by atoms with Crippen LogP contribution in [-0.2, 0) is 11.8 Å². The van der Waals surface area contributed by atoms with Gasteiger partial charge < -0.3 is 4.74 Å². The van der Waals surface area contributed by atoms with Crippen molar-refractivity contribution in [3.63, 3.8) is 0 Å². The van der Waals surface area contributed by atoms with E-state index < -0.39 is 0 Å². The minimum atomic E-state index is 0.678. The number of rotatable bonds is 6. The highest BCUT2D eigenvalue weighted by Crippen LogP contribution is 2.29. The Kier molecular flexibility index (Phi) is 5.04. The Morgan fingerprint density at radius 1 is 1.24 bits per heavy atom. The van der Waals surface area contributed by atoms with Crippen molar-refractivity contribution in [1.82, 2.24) is 9.78 Å². The maximum absolute atomic E-state index is 11.5. The van der Waals surface area contributed by atoms with Crippen molar-refractivity contribution in [3.8, 4) is 17.0 Å². The first-order valence-electron chi connectivity index (χ1n) is 7.55. The summed E-state index contributed by atoms with van der Waals surface area (Å²) in [6, 6.07) is 15.0. The lowest BCUT2D eigenvalue weighted by molar-refractivity contribution is -0.107. The second-order valence-electron chi connectivity index (χ2n) is 5.37. The molecule has 0 spiro atoms. The first-order valence-corrected chi connectivity index (χ1v) is 8.35. The molecular weight excluding hydrogens is 384 g/mol. The van der Waals surface area contributed by atoms with Gasteiger partial charge in [-0.3, -0.25) is 14.9 Å². The summed E-state index contributed by atoms with van der Waals surface area (Å²) in [5.74, 6) is 0.678. The molecule has 1 aromatic heterocycles. The number of carbonyl (C=O) groups is 1. The predicted octanol–water partition coefficient (Wildman–Crippen LogP) is 3.85. The monoisotopic (exact) mass is 400 g/mol. The molecule has 1 amide bonds. The molecule has 128 valence electrons. The van der Waals surface area contributed by atoms with Crippen LogP contribution >= 0.6 is 15.9 Å². The van der Waals surface area contributed by atoms with Crippen molar-refractivity contribution in [2.75, 3.05) is 17.5 Å². The fraction of sp³-hybridized carbons (Fsp3) is 0.111. The van der Waals surface area contributed by atoms with E-state index in [4.69, 9.17) is 4.74 Å². The zero-order valence-corrected chi connectivity index (χ0v) is 15.4. The lowest BCUT2D eigenvalue weighted by atomic mass is 10.1. The molecular formula is C18H17BrN4O2. The summed E-state index contributed by atoms with van der Waals surface area (Å²) in [5, 5.41) is 5.84. The lowest BCUT2D eigenvalue weighted by Gasteiger charge is -2.20. The second-order valence-corrected chi connectivity index (χ2v) is 6.22. The molecule has 0 fully saturated rings. The Labute approximate surface area is 154 Å². The van der Waals surface area contributed by atoms with E-state index in [2.05, 4.69) is 26.5 Å². The molecule has 0 saturated carbocycles. The van der Waals surface area contributed by atoms with Gasteiger partial charge in [0.25, 0.3) is 0 Å². The van der Waals surface area contributed by atoms with Crippen LogP contribution in [0.2, 0.25) is 0 Å². The summed E-state index contributed by atoms with van der Waals surface area (Å²) in [5.41, 5.74) is 6.32. The number of nitrogens with zero attached hydrogens (tertiary/aromatic N) is 3. The maximum atomic E-state index is 11.5. The van der Waals surface area contributed by atoms with Gasteiger partial charge in [-0.1, -0.05) is 18.2 Å². The van der Waals surface area contributed by atoms with Gasteiger partial charge in [0.15, 0.2) is 0 Å². The zero-order valence-electron chi connectivity index (χ0n) is 13.8. The van der Waals surface area contributed by atoms with E-state index in [1.807, 2.05) is 55.7 Å². The van der Waals surface area contributed by atoms with Crippen molar-refractivity contribution >= 4 is 33.7 Å². The second kappa shape index (κ2) is 7.40. The molecule has 0 unspecified atom stereocenters. The Morgan fingerprint density at radius 2 is 2.04 bits per heavy atom. The van der Waals surface area contributed by atoms with Gasteiger partial charge in [0, 0.05) is 24.9 Å². The number of methoxy groups -OCH3 is 1. The number of anilines is 2. The molecule has 25 heavy (non-hydrogen) atoms. The van der Waals surface area contributed by atoms with Crippen LogP contribution in [0.5, 0.6) is 5.75 Å². The quantitative estimate of drug-likeness (QED) is 0.504. The molecule has 6 nitrogen and oxygen atoms in total. The SMILES string of the molecule is COc1cccc(N(C=O)Nc2cccc(-c3nn(C)cc3Br)c2)c1. The van der Waals surface area contributed by atoms with Gasteiger partial charge in [-0.05, 0) is 40.2 Å². The molecule has 0 saturated heterocycles. The maximum Gasteiger partial charge on any atom is 0.232 e. The van der Waals surface area contributed by atoms with E-state index in [0.717, 1.165) is 27.8 Å². The molecule has 3 rings (SSSR count). The van der Waals surface area contributed by atoms with Crippen LogP contribution in [0.4, 0.5) is 11.4 Å². The fourth-order valence-electron chi connectivity index (χ4n) is 2.44. The van der Waals surface area contributed by atoms with E-state index in [1.165, 1.54) is 5.01 Å². The van der Waals surface area contributed by atoms with E-state index in [9.17, 15) is 4.79 Å². The van der Waals surface area contributed by atoms with Crippen molar-refractivity contribution in [1.29, 1.82) is 0 Å². The first-order chi connectivity index (χ1) is 12.1. The van der Waals surface area contributed by atoms with Crippen molar-refractivity contribution < 1.29 is 9.53 Å². The summed E-state index contributed by atoms with van der Waals surface area (Å²) < 4.78 is 7.86. The average Bonchev–Trinajstić information content (AvgIpc) is 2.98. The number of benzene rings is 2. The smallest absolute Gasteiger partial charge is 0.232 e. The largest absolute Gasteiger partial charge is 0.497 e. The number of carbonyl (C=O) groups excluding carboxylic acids is 1. The number of ether oxygens (including phenoxy) is 1. The molecule has 0 aliphatic rings. The Hall–Kier alpha value is -2.80. The molecule has 0 radical (unpaired) electrons. The Morgan fingerprint density at radius 3 is 2.72 bits per heavy atom. The van der Waals surface area contributed by atoms with E-state index in [0.29, 0.717) is 11.4 Å². The fourth-order valence-corrected chi connectivity index (χ4v) is 3.05. The van der Waals surface area contributed by atoms with Gasteiger partial charge in [0.1, 0.15) is 11.4 Å². The lowest BCUT2D eigenvalue weighted by Crippen LogP contribution is -2.28. The first kappa shape index (κ1) is 17.0. The van der Waals surface area contributed by atoms with Crippen LogP contribution in [0.3, 0.4) is 0 Å². The zero-order chi connectivity index (χ0) is 17.8. The highest BCUT2D eigenvalue weighted by atomic mass is 79.9. The summed E-state index contributed by atoms with van der Waals surface area (Å²) in [7, 11) is 3.46. The number of aromatic nitrogens is 2. The number of hydrogen-bond donors (Lipinski definition) is 1. The third-order valence-corrected chi connectivity index (χ3v) is 4.19. The van der Waals surface area contributed by atoms with Gasteiger partial charge >= 0.3 is 0 Å². The standard InChI is InChI=1S/C18H17BrN4O2/c1-22-11-17(19)18(21-22)13-5-3-6-14(9-13)20-23(12-24)15-7-4-8-16(10-15)25-2/h3-12,20H,1-2H3. The third-order valence-electron chi connectivity index (χ3n) is 3.61. The van der Waals surface area contributed by atoms with E-state index in [-0.39, 0.29) is 0 Å². The number of aryl methyl sites for hydroxylation is 1. The third kappa shape index (κ3) is 3.83. The van der Waals surface area contributed by atoms with Crippen LogP contribution in [0.15, 0.2) is 59.2 Å². The van der Waals surface area contributed by atoms with Crippen LogP contribution in [-0.4, -0.2) is 23.3 Å². The molecule has 1 N–H and O–H groups in total. The summed E-state index contributed by atoms with van der Waals surface area (Å²) >= 11 is 3.51. The Bertz CT molecular complexity index is 894. The molecule has 2 aromatic carbocycles. The minimum absolute atomic E-state index is 0.678. The molecule has 1 heterocycles. The van der Waals surface area contributed by atoms with Gasteiger partial charge in [-0.15, -0.1) is 0 Å². The molecule has 7 heteroatoms. The van der Waals surface area contributed by atoms with Crippen LogP contribution in [0.1, 0.15) is 0 Å². The van der Waals surface area contributed by atoms with Crippen molar-refractivity contribution in [2.45, 2.75) is 0 Å². The minimum Gasteiger partial charge on any atom is -0.497 e. The summed E-state index contributed by atoms with van der Waals surface area (Å²) in [6.45, 7) is 0. The normalized spacial score (nSPS) is 10.4. The predicted molar refractivity (Wildman–Crippen MR) is 102 cm³/mol. The van der Waals surface area contributed by atoms with E-state index >= 15 is 0 Å². The van der Waals surface area contributed by atoms with Crippen LogP contribution in [0, 0.1) is 0 Å².